The Morgan fingerprint density at radius 3 is 2.89 bits per heavy atom. The van der Waals surface area contributed by atoms with Crippen molar-refractivity contribution >= 4 is 22.5 Å². The van der Waals surface area contributed by atoms with E-state index < -0.39 is 0 Å². The van der Waals surface area contributed by atoms with Crippen molar-refractivity contribution in [1.29, 1.82) is 0 Å². The second kappa shape index (κ2) is 5.08. The van der Waals surface area contributed by atoms with Gasteiger partial charge in [0.05, 0.1) is 16.9 Å². The Morgan fingerprint density at radius 2 is 2.22 bits per heavy atom. The molecule has 18 heavy (non-hydrogen) atoms. The summed E-state index contributed by atoms with van der Waals surface area (Å²) in [4.78, 5) is 16.8. The molecule has 0 unspecified atom stereocenters. The molecule has 2 aromatic rings. The van der Waals surface area contributed by atoms with Crippen LogP contribution in [0.3, 0.4) is 0 Å². The lowest BCUT2D eigenvalue weighted by molar-refractivity contribution is 0.536. The second-order valence-electron chi connectivity index (χ2n) is 4.28. The summed E-state index contributed by atoms with van der Waals surface area (Å²) in [6.45, 7) is 4.83. The van der Waals surface area contributed by atoms with E-state index in [0.29, 0.717) is 15.9 Å². The molecule has 2 rings (SSSR count). The Balaban J connectivity index is 2.69. The SMILES string of the molecule is CCN[C@@H](C)c1nc2cc(Cl)ccc2c(=O)n1C. The molecule has 0 aliphatic rings. The summed E-state index contributed by atoms with van der Waals surface area (Å²) in [6, 6.07) is 5.17. The van der Waals surface area contributed by atoms with Crippen molar-refractivity contribution in [1.82, 2.24) is 14.9 Å². The molecule has 0 aliphatic heterocycles. The molecule has 4 nitrogen and oxygen atoms in total. The highest BCUT2D eigenvalue weighted by molar-refractivity contribution is 6.31. The maximum absolute atomic E-state index is 12.2. The van der Waals surface area contributed by atoms with Crippen molar-refractivity contribution in [3.05, 3.63) is 39.4 Å². The van der Waals surface area contributed by atoms with Gasteiger partial charge in [-0.15, -0.1) is 0 Å². The fourth-order valence-corrected chi connectivity index (χ4v) is 2.21. The summed E-state index contributed by atoms with van der Waals surface area (Å²) < 4.78 is 1.59. The number of rotatable bonds is 3. The van der Waals surface area contributed by atoms with Crippen molar-refractivity contribution in [3.63, 3.8) is 0 Å². The summed E-state index contributed by atoms with van der Waals surface area (Å²) in [7, 11) is 1.74. The predicted molar refractivity (Wildman–Crippen MR) is 74.1 cm³/mol. The maximum Gasteiger partial charge on any atom is 0.261 e. The minimum absolute atomic E-state index is 0.0241. The van der Waals surface area contributed by atoms with Crippen molar-refractivity contribution in [2.24, 2.45) is 7.05 Å². The van der Waals surface area contributed by atoms with Gasteiger partial charge in [-0.05, 0) is 31.7 Å². The predicted octanol–water partition coefficient (Wildman–Crippen LogP) is 2.26. The van der Waals surface area contributed by atoms with E-state index in [-0.39, 0.29) is 11.6 Å². The number of aromatic nitrogens is 2. The molecule has 0 fully saturated rings. The van der Waals surface area contributed by atoms with Crippen LogP contribution in [0.5, 0.6) is 0 Å². The van der Waals surface area contributed by atoms with E-state index >= 15 is 0 Å². The van der Waals surface area contributed by atoms with Crippen LogP contribution in [0.25, 0.3) is 10.9 Å². The van der Waals surface area contributed by atoms with Gasteiger partial charge in [-0.25, -0.2) is 4.98 Å². The molecule has 0 aliphatic carbocycles. The molecule has 0 bridgehead atoms. The van der Waals surface area contributed by atoms with E-state index in [2.05, 4.69) is 10.3 Å². The topological polar surface area (TPSA) is 46.9 Å². The number of hydrogen-bond acceptors (Lipinski definition) is 3. The fraction of sp³-hybridized carbons (Fsp3) is 0.385. The molecule has 96 valence electrons. The standard InChI is InChI=1S/C13H16ClN3O/c1-4-15-8(2)12-16-11-7-9(14)5-6-10(11)13(18)17(12)3/h5-8,15H,4H2,1-3H3/t8-/m0/s1. The van der Waals surface area contributed by atoms with E-state index in [9.17, 15) is 4.79 Å². The summed E-state index contributed by atoms with van der Waals surface area (Å²) in [6.07, 6.45) is 0. The van der Waals surface area contributed by atoms with Gasteiger partial charge < -0.3 is 5.32 Å². The first kappa shape index (κ1) is 13.1. The number of nitrogens with one attached hydrogen (secondary N) is 1. The van der Waals surface area contributed by atoms with Crippen LogP contribution in [-0.4, -0.2) is 16.1 Å². The maximum atomic E-state index is 12.2. The quantitative estimate of drug-likeness (QED) is 0.926. The number of hydrogen-bond donors (Lipinski definition) is 1. The number of nitrogens with zero attached hydrogens (tertiary/aromatic N) is 2. The van der Waals surface area contributed by atoms with Gasteiger partial charge in [0.25, 0.3) is 5.56 Å². The van der Waals surface area contributed by atoms with Crippen LogP contribution in [0, 0.1) is 0 Å². The number of benzene rings is 1. The zero-order chi connectivity index (χ0) is 13.3. The van der Waals surface area contributed by atoms with Gasteiger partial charge in [-0.2, -0.15) is 0 Å². The molecule has 1 heterocycles. The van der Waals surface area contributed by atoms with Gasteiger partial charge in [0.15, 0.2) is 0 Å². The van der Waals surface area contributed by atoms with Gasteiger partial charge in [0.1, 0.15) is 5.82 Å². The lowest BCUT2D eigenvalue weighted by atomic mass is 10.2. The van der Waals surface area contributed by atoms with Gasteiger partial charge in [0.2, 0.25) is 0 Å². The van der Waals surface area contributed by atoms with Crippen LogP contribution in [0.1, 0.15) is 25.7 Å². The molecule has 1 aromatic carbocycles. The smallest absolute Gasteiger partial charge is 0.261 e. The molecule has 0 amide bonds. The normalized spacial score (nSPS) is 12.9. The van der Waals surface area contributed by atoms with E-state index in [1.54, 1.807) is 29.8 Å². The van der Waals surface area contributed by atoms with Gasteiger partial charge in [0, 0.05) is 12.1 Å². The molecular weight excluding hydrogens is 250 g/mol. The Hall–Kier alpha value is -1.39. The monoisotopic (exact) mass is 265 g/mol. The first-order valence-corrected chi connectivity index (χ1v) is 6.32. The average Bonchev–Trinajstić information content (AvgIpc) is 2.33. The Labute approximate surface area is 111 Å². The minimum Gasteiger partial charge on any atom is -0.308 e. The van der Waals surface area contributed by atoms with Crippen molar-refractivity contribution in [3.8, 4) is 0 Å². The minimum atomic E-state index is -0.0450. The molecule has 1 N–H and O–H groups in total. The summed E-state index contributed by atoms with van der Waals surface area (Å²) in [5.74, 6) is 0.719. The van der Waals surface area contributed by atoms with Crippen LogP contribution >= 0.6 is 11.6 Å². The lowest BCUT2D eigenvalue weighted by Crippen LogP contribution is -2.29. The zero-order valence-electron chi connectivity index (χ0n) is 10.7. The van der Waals surface area contributed by atoms with Crippen molar-refractivity contribution in [2.75, 3.05) is 6.54 Å². The van der Waals surface area contributed by atoms with Crippen LogP contribution in [0.4, 0.5) is 0 Å². The van der Waals surface area contributed by atoms with Crippen molar-refractivity contribution in [2.45, 2.75) is 19.9 Å². The molecule has 0 spiro atoms. The van der Waals surface area contributed by atoms with E-state index in [1.807, 2.05) is 13.8 Å². The Kier molecular flexibility index (Phi) is 3.68. The molecular formula is C13H16ClN3O. The third-order valence-corrected chi connectivity index (χ3v) is 3.21. The lowest BCUT2D eigenvalue weighted by Gasteiger charge is -2.16. The molecule has 5 heteroatoms. The fourth-order valence-electron chi connectivity index (χ4n) is 2.05. The third-order valence-electron chi connectivity index (χ3n) is 2.97. The molecule has 1 atom stereocenters. The summed E-state index contributed by atoms with van der Waals surface area (Å²) in [5, 5.41) is 4.43. The second-order valence-corrected chi connectivity index (χ2v) is 4.71. The van der Waals surface area contributed by atoms with Crippen LogP contribution in [0.2, 0.25) is 5.02 Å². The van der Waals surface area contributed by atoms with E-state index in [1.165, 1.54) is 0 Å². The summed E-state index contributed by atoms with van der Waals surface area (Å²) in [5.41, 5.74) is 0.599. The van der Waals surface area contributed by atoms with Crippen LogP contribution in [-0.2, 0) is 7.05 Å². The highest BCUT2D eigenvalue weighted by Crippen LogP contribution is 2.17. The average molecular weight is 266 g/mol. The van der Waals surface area contributed by atoms with E-state index in [0.717, 1.165) is 12.4 Å². The Morgan fingerprint density at radius 1 is 1.50 bits per heavy atom. The molecule has 0 saturated carbocycles. The third kappa shape index (κ3) is 2.26. The number of halogens is 1. The molecule has 1 aromatic heterocycles. The highest BCUT2D eigenvalue weighted by atomic mass is 35.5. The van der Waals surface area contributed by atoms with Crippen LogP contribution < -0.4 is 10.9 Å². The van der Waals surface area contributed by atoms with Crippen LogP contribution in [0.15, 0.2) is 23.0 Å². The highest BCUT2D eigenvalue weighted by Gasteiger charge is 2.13. The first-order valence-electron chi connectivity index (χ1n) is 5.94. The van der Waals surface area contributed by atoms with Crippen molar-refractivity contribution < 1.29 is 0 Å². The van der Waals surface area contributed by atoms with Gasteiger partial charge >= 0.3 is 0 Å². The van der Waals surface area contributed by atoms with Gasteiger partial charge in [-0.1, -0.05) is 18.5 Å². The molecule has 0 saturated heterocycles. The van der Waals surface area contributed by atoms with E-state index in [4.69, 9.17) is 11.6 Å². The zero-order valence-corrected chi connectivity index (χ0v) is 11.5. The summed E-state index contributed by atoms with van der Waals surface area (Å²) >= 11 is 5.94. The van der Waals surface area contributed by atoms with Gasteiger partial charge in [-0.3, -0.25) is 9.36 Å². The number of fused-ring (bicyclic) bond motifs is 1. The first-order chi connectivity index (χ1) is 8.54. The Bertz CT molecular complexity index is 636. The molecule has 0 radical (unpaired) electrons. The largest absolute Gasteiger partial charge is 0.308 e.